The Labute approximate surface area is 201 Å². The Morgan fingerprint density at radius 1 is 1.18 bits per heavy atom. The minimum Gasteiger partial charge on any atom is -0.494 e. The highest BCUT2D eigenvalue weighted by molar-refractivity contribution is 5.68. The number of aromatic nitrogens is 2. The number of carboxylic acids is 1. The molecule has 178 valence electrons. The Morgan fingerprint density at radius 2 is 1.97 bits per heavy atom. The molecular formula is C28H33N3O3. The Balaban J connectivity index is 1.35. The number of hydrogen-bond donors (Lipinski definition) is 1. The molecule has 0 aliphatic heterocycles. The van der Waals surface area contributed by atoms with E-state index in [1.807, 2.05) is 18.3 Å². The smallest absolute Gasteiger partial charge is 0.303 e. The van der Waals surface area contributed by atoms with E-state index in [9.17, 15) is 4.79 Å². The highest BCUT2D eigenvalue weighted by atomic mass is 16.5. The molecule has 0 saturated heterocycles. The van der Waals surface area contributed by atoms with E-state index in [2.05, 4.69) is 61.0 Å². The summed E-state index contributed by atoms with van der Waals surface area (Å²) in [7, 11) is 0. The van der Waals surface area contributed by atoms with Crippen molar-refractivity contribution in [3.8, 4) is 17.1 Å². The van der Waals surface area contributed by atoms with Gasteiger partial charge in [0, 0.05) is 30.4 Å². The lowest BCUT2D eigenvalue weighted by molar-refractivity contribution is -0.137. The van der Waals surface area contributed by atoms with Crippen molar-refractivity contribution in [3.05, 3.63) is 70.9 Å². The molecule has 4 rings (SSSR count). The van der Waals surface area contributed by atoms with E-state index in [1.54, 1.807) is 0 Å². The summed E-state index contributed by atoms with van der Waals surface area (Å²) >= 11 is 0. The van der Waals surface area contributed by atoms with Crippen molar-refractivity contribution in [2.45, 2.75) is 52.4 Å². The molecule has 1 heterocycles. The highest BCUT2D eigenvalue weighted by Gasteiger charge is 2.24. The molecule has 1 aromatic heterocycles. The van der Waals surface area contributed by atoms with Crippen LogP contribution >= 0.6 is 0 Å². The number of ether oxygens (including phenoxy) is 1. The van der Waals surface area contributed by atoms with E-state index in [0.717, 1.165) is 66.4 Å². The number of rotatable bonds is 10. The molecule has 1 atom stereocenters. The first-order chi connectivity index (χ1) is 16.4. The zero-order valence-electron chi connectivity index (χ0n) is 20.3. The van der Waals surface area contributed by atoms with Gasteiger partial charge in [0.2, 0.25) is 0 Å². The van der Waals surface area contributed by atoms with Gasteiger partial charge in [-0.25, -0.2) is 9.97 Å². The predicted octanol–water partition coefficient (Wildman–Crippen LogP) is 5.56. The molecule has 0 fully saturated rings. The molecule has 1 aliphatic rings. The van der Waals surface area contributed by atoms with E-state index in [-0.39, 0.29) is 12.3 Å². The summed E-state index contributed by atoms with van der Waals surface area (Å²) in [5, 5.41) is 9.11. The number of aliphatic carboxylic acids is 1. The monoisotopic (exact) mass is 459 g/mol. The second-order valence-corrected chi connectivity index (χ2v) is 9.04. The van der Waals surface area contributed by atoms with E-state index < -0.39 is 5.97 Å². The molecule has 1 N–H and O–H groups in total. The highest BCUT2D eigenvalue weighted by Crippen LogP contribution is 2.37. The maximum atomic E-state index is 11.1. The van der Waals surface area contributed by atoms with Crippen LogP contribution in [0.4, 0.5) is 5.82 Å². The van der Waals surface area contributed by atoms with Crippen LogP contribution in [0, 0.1) is 13.8 Å². The number of nitrogens with zero attached hydrogens (tertiary/aromatic N) is 3. The van der Waals surface area contributed by atoms with Gasteiger partial charge < -0.3 is 14.7 Å². The molecule has 0 unspecified atom stereocenters. The molecule has 0 radical (unpaired) electrons. The van der Waals surface area contributed by atoms with Crippen LogP contribution in [0.15, 0.2) is 48.7 Å². The molecular weight excluding hydrogens is 426 g/mol. The maximum Gasteiger partial charge on any atom is 0.303 e. The number of fused-ring (bicyclic) bond motifs is 1. The summed E-state index contributed by atoms with van der Waals surface area (Å²) in [6.45, 7) is 8.58. The molecule has 34 heavy (non-hydrogen) atoms. The van der Waals surface area contributed by atoms with Gasteiger partial charge >= 0.3 is 5.97 Å². The first-order valence-corrected chi connectivity index (χ1v) is 12.1. The summed E-state index contributed by atoms with van der Waals surface area (Å²) in [5.41, 5.74) is 5.69. The van der Waals surface area contributed by atoms with Crippen LogP contribution < -0.4 is 9.64 Å². The summed E-state index contributed by atoms with van der Waals surface area (Å²) in [6.07, 6.45) is 4.80. The normalized spacial score (nSPS) is 14.6. The zero-order valence-corrected chi connectivity index (χ0v) is 20.3. The van der Waals surface area contributed by atoms with Crippen molar-refractivity contribution in [1.82, 2.24) is 9.97 Å². The van der Waals surface area contributed by atoms with E-state index in [0.29, 0.717) is 6.61 Å². The van der Waals surface area contributed by atoms with Crippen LogP contribution in [-0.2, 0) is 11.2 Å². The minimum absolute atomic E-state index is 0.126. The quantitative estimate of drug-likeness (QED) is 0.400. The minimum atomic E-state index is -0.733. The average Bonchev–Trinajstić information content (AvgIpc) is 3.22. The fraction of sp³-hybridized carbons (Fsp3) is 0.393. The summed E-state index contributed by atoms with van der Waals surface area (Å²) in [4.78, 5) is 22.8. The third-order valence-electron chi connectivity index (χ3n) is 6.51. The van der Waals surface area contributed by atoms with Gasteiger partial charge in [-0.3, -0.25) is 4.79 Å². The largest absolute Gasteiger partial charge is 0.494 e. The molecule has 0 amide bonds. The molecule has 3 aromatic rings. The topological polar surface area (TPSA) is 75.5 Å². The molecule has 6 nitrogen and oxygen atoms in total. The van der Waals surface area contributed by atoms with Crippen LogP contribution in [0.5, 0.6) is 5.75 Å². The number of aryl methyl sites for hydroxylation is 3. The fourth-order valence-corrected chi connectivity index (χ4v) is 4.65. The van der Waals surface area contributed by atoms with Gasteiger partial charge in [0.05, 0.1) is 13.0 Å². The van der Waals surface area contributed by atoms with E-state index in [4.69, 9.17) is 14.8 Å². The first-order valence-electron chi connectivity index (χ1n) is 12.1. The molecule has 0 saturated carbocycles. The van der Waals surface area contributed by atoms with Gasteiger partial charge in [-0.2, -0.15) is 0 Å². The maximum absolute atomic E-state index is 11.1. The molecule has 0 bridgehead atoms. The number of carboxylic acid groups (broad SMARTS) is 1. The van der Waals surface area contributed by atoms with Crippen molar-refractivity contribution in [2.75, 3.05) is 24.6 Å². The Kier molecular flexibility index (Phi) is 7.46. The van der Waals surface area contributed by atoms with Crippen molar-refractivity contribution < 1.29 is 14.6 Å². The number of hydrogen-bond acceptors (Lipinski definition) is 5. The van der Waals surface area contributed by atoms with Gasteiger partial charge in [-0.05, 0) is 69.2 Å². The molecule has 0 spiro atoms. The Hall–Kier alpha value is -3.41. The van der Waals surface area contributed by atoms with Crippen molar-refractivity contribution >= 4 is 11.8 Å². The molecule has 6 heteroatoms. The summed E-state index contributed by atoms with van der Waals surface area (Å²) < 4.78 is 6.04. The second-order valence-electron chi connectivity index (χ2n) is 9.04. The van der Waals surface area contributed by atoms with E-state index >= 15 is 0 Å². The fourth-order valence-electron chi connectivity index (χ4n) is 4.65. The summed E-state index contributed by atoms with van der Waals surface area (Å²) in [5.74, 6) is 1.96. The lowest BCUT2D eigenvalue weighted by Gasteiger charge is -2.24. The third kappa shape index (κ3) is 5.56. The van der Waals surface area contributed by atoms with Crippen LogP contribution in [0.25, 0.3) is 11.4 Å². The van der Waals surface area contributed by atoms with Crippen LogP contribution in [0.2, 0.25) is 0 Å². The zero-order chi connectivity index (χ0) is 24.1. The Bertz CT molecular complexity index is 1140. The first kappa shape index (κ1) is 23.7. The van der Waals surface area contributed by atoms with Crippen LogP contribution in [0.1, 0.15) is 54.4 Å². The SMILES string of the molecule is CCN(CCCOc1ccc2c(c1)CC[C@H]2CC(=O)O)c1nc(-c2ccc(C)cc2)ncc1C. The molecule has 2 aromatic carbocycles. The van der Waals surface area contributed by atoms with E-state index in [1.165, 1.54) is 11.1 Å². The number of carbonyl (C=O) groups is 1. The number of benzene rings is 2. The number of anilines is 1. The molecule has 1 aliphatic carbocycles. The van der Waals surface area contributed by atoms with Crippen molar-refractivity contribution in [1.29, 1.82) is 0 Å². The van der Waals surface area contributed by atoms with Gasteiger partial charge in [0.15, 0.2) is 5.82 Å². The predicted molar refractivity (Wildman–Crippen MR) is 135 cm³/mol. The lowest BCUT2D eigenvalue weighted by atomic mass is 9.98. The van der Waals surface area contributed by atoms with Gasteiger partial charge in [0.1, 0.15) is 11.6 Å². The van der Waals surface area contributed by atoms with Crippen molar-refractivity contribution in [3.63, 3.8) is 0 Å². The van der Waals surface area contributed by atoms with Crippen molar-refractivity contribution in [2.24, 2.45) is 0 Å². The average molecular weight is 460 g/mol. The van der Waals surface area contributed by atoms with Gasteiger partial charge in [0.25, 0.3) is 0 Å². The second kappa shape index (κ2) is 10.7. The van der Waals surface area contributed by atoms with Crippen LogP contribution in [-0.4, -0.2) is 40.7 Å². The van der Waals surface area contributed by atoms with Gasteiger partial charge in [-0.1, -0.05) is 35.9 Å². The lowest BCUT2D eigenvalue weighted by Crippen LogP contribution is -2.27. The standard InChI is InChI=1S/C28H33N3O3/c1-4-31(28-20(3)18-29-27(30-28)21-8-6-19(2)7-9-21)14-5-15-34-24-12-13-25-22(16-24)10-11-23(25)17-26(32)33/h6-9,12-13,16,18,23H,4-5,10-11,14-15,17H2,1-3H3,(H,32,33)/t23-/m0/s1. The van der Waals surface area contributed by atoms with Gasteiger partial charge in [-0.15, -0.1) is 0 Å². The third-order valence-corrected chi connectivity index (χ3v) is 6.51. The summed E-state index contributed by atoms with van der Waals surface area (Å²) in [6, 6.07) is 14.4. The van der Waals surface area contributed by atoms with Crippen LogP contribution in [0.3, 0.4) is 0 Å². The Morgan fingerprint density at radius 3 is 2.71 bits per heavy atom.